The van der Waals surface area contributed by atoms with Gasteiger partial charge in [0.05, 0.1) is 4.88 Å². The standard InChI is InChI=1S/C10H8N2O2S.Li.H/c1-6-4-7(2-3-11-6)8-5-12-9(15-8)10(13)14;;/h2-5H,1H3,(H,13,14);;. The number of carboxylic acid groups (broad SMARTS) is 1. The molecule has 0 atom stereocenters. The summed E-state index contributed by atoms with van der Waals surface area (Å²) in [4.78, 5) is 19.4. The number of aryl methyl sites for hydroxylation is 1. The third-order valence-electron chi connectivity index (χ3n) is 1.87. The SMILES string of the molecule is Cc1cc(-c2cnc(C(=O)O)s2)ccn1.[LiH]. The molecule has 0 radical (unpaired) electrons. The molecule has 0 aromatic carbocycles. The van der Waals surface area contributed by atoms with E-state index in [2.05, 4.69) is 9.97 Å². The Morgan fingerprint density at radius 1 is 1.44 bits per heavy atom. The van der Waals surface area contributed by atoms with Crippen LogP contribution in [0.1, 0.15) is 15.5 Å². The first-order valence-electron chi connectivity index (χ1n) is 4.29. The van der Waals surface area contributed by atoms with E-state index in [1.165, 1.54) is 0 Å². The molecule has 16 heavy (non-hydrogen) atoms. The third-order valence-corrected chi connectivity index (χ3v) is 2.90. The molecule has 1 N–H and O–H groups in total. The van der Waals surface area contributed by atoms with Gasteiger partial charge in [-0.05, 0) is 24.6 Å². The third kappa shape index (κ3) is 2.70. The van der Waals surface area contributed by atoms with Crippen molar-refractivity contribution < 1.29 is 9.90 Å². The molecule has 0 saturated carbocycles. The minimum atomic E-state index is -0.989. The van der Waals surface area contributed by atoms with Crippen LogP contribution in [0.5, 0.6) is 0 Å². The zero-order valence-electron chi connectivity index (χ0n) is 7.97. The Labute approximate surface area is 109 Å². The molecule has 0 spiro atoms. The summed E-state index contributed by atoms with van der Waals surface area (Å²) in [6, 6.07) is 3.74. The fourth-order valence-electron chi connectivity index (χ4n) is 1.21. The average molecular weight is 228 g/mol. The molecule has 0 aliphatic heterocycles. The van der Waals surface area contributed by atoms with Crippen molar-refractivity contribution in [1.82, 2.24) is 9.97 Å². The fraction of sp³-hybridized carbons (Fsp3) is 0.100. The normalized spacial score (nSPS) is 9.56. The van der Waals surface area contributed by atoms with Crippen LogP contribution >= 0.6 is 11.3 Å². The van der Waals surface area contributed by atoms with Gasteiger partial charge in [-0.1, -0.05) is 0 Å². The van der Waals surface area contributed by atoms with Gasteiger partial charge in [0.15, 0.2) is 0 Å². The number of aromatic nitrogens is 2. The zero-order chi connectivity index (χ0) is 10.8. The van der Waals surface area contributed by atoms with Crippen LogP contribution in [0.15, 0.2) is 24.5 Å². The number of carbonyl (C=O) groups is 1. The van der Waals surface area contributed by atoms with Crippen LogP contribution in [0, 0.1) is 6.92 Å². The molecule has 4 nitrogen and oxygen atoms in total. The first kappa shape index (κ1) is 12.9. The van der Waals surface area contributed by atoms with E-state index in [-0.39, 0.29) is 23.9 Å². The first-order chi connectivity index (χ1) is 7.16. The van der Waals surface area contributed by atoms with Crippen molar-refractivity contribution in [2.24, 2.45) is 0 Å². The van der Waals surface area contributed by atoms with Crippen molar-refractivity contribution in [3.05, 3.63) is 35.2 Å². The fourth-order valence-corrected chi connectivity index (χ4v) is 1.96. The summed E-state index contributed by atoms with van der Waals surface area (Å²) in [5.41, 5.74) is 1.85. The second kappa shape index (κ2) is 5.26. The van der Waals surface area contributed by atoms with E-state index in [1.807, 2.05) is 19.1 Å². The van der Waals surface area contributed by atoms with E-state index in [9.17, 15) is 4.79 Å². The van der Waals surface area contributed by atoms with Crippen LogP contribution in [-0.4, -0.2) is 39.9 Å². The Hall–Kier alpha value is -1.15. The van der Waals surface area contributed by atoms with Gasteiger partial charge in [-0.25, -0.2) is 9.78 Å². The number of hydrogen-bond donors (Lipinski definition) is 1. The molecule has 0 aliphatic rings. The van der Waals surface area contributed by atoms with Crippen LogP contribution in [0.2, 0.25) is 0 Å². The minimum absolute atomic E-state index is 0. The number of nitrogens with zero attached hydrogens (tertiary/aromatic N) is 2. The maximum atomic E-state index is 10.6. The summed E-state index contributed by atoms with van der Waals surface area (Å²) in [6.07, 6.45) is 3.27. The summed E-state index contributed by atoms with van der Waals surface area (Å²) >= 11 is 1.16. The number of aromatic carboxylic acids is 1. The second-order valence-electron chi connectivity index (χ2n) is 3.02. The van der Waals surface area contributed by atoms with Crippen LogP contribution < -0.4 is 0 Å². The van der Waals surface area contributed by atoms with Crippen molar-refractivity contribution in [3.63, 3.8) is 0 Å². The Morgan fingerprint density at radius 3 is 2.75 bits per heavy atom. The molecule has 0 saturated heterocycles. The van der Waals surface area contributed by atoms with E-state index >= 15 is 0 Å². The molecule has 0 fully saturated rings. The van der Waals surface area contributed by atoms with Crippen LogP contribution in [0.3, 0.4) is 0 Å². The predicted octanol–water partition coefficient (Wildman–Crippen LogP) is 1.56. The second-order valence-corrected chi connectivity index (χ2v) is 4.05. The van der Waals surface area contributed by atoms with Gasteiger partial charge in [0.25, 0.3) is 0 Å². The van der Waals surface area contributed by atoms with Gasteiger partial charge in [0.1, 0.15) is 0 Å². The van der Waals surface area contributed by atoms with Gasteiger partial charge < -0.3 is 5.11 Å². The summed E-state index contributed by atoms with van der Waals surface area (Å²) < 4.78 is 0. The molecule has 2 heterocycles. The topological polar surface area (TPSA) is 63.1 Å². The van der Waals surface area contributed by atoms with E-state index in [1.54, 1.807) is 12.4 Å². The van der Waals surface area contributed by atoms with Crippen molar-refractivity contribution in [1.29, 1.82) is 0 Å². The van der Waals surface area contributed by atoms with Gasteiger partial charge in [-0.15, -0.1) is 11.3 Å². The predicted molar refractivity (Wildman–Crippen MR) is 64.2 cm³/mol. The van der Waals surface area contributed by atoms with Gasteiger partial charge in [-0.3, -0.25) is 4.98 Å². The number of rotatable bonds is 2. The Bertz CT molecular complexity index is 513. The molecule has 78 valence electrons. The monoisotopic (exact) mass is 228 g/mol. The number of hydrogen-bond acceptors (Lipinski definition) is 4. The van der Waals surface area contributed by atoms with Gasteiger partial charge >= 0.3 is 24.8 Å². The van der Waals surface area contributed by atoms with Crippen molar-refractivity contribution in [3.8, 4) is 10.4 Å². The summed E-state index contributed by atoms with van der Waals surface area (Å²) in [5.74, 6) is -0.989. The van der Waals surface area contributed by atoms with E-state index in [0.717, 1.165) is 27.5 Å². The summed E-state index contributed by atoms with van der Waals surface area (Å²) in [7, 11) is 0. The Kier molecular flexibility index (Phi) is 4.24. The summed E-state index contributed by atoms with van der Waals surface area (Å²) in [6.45, 7) is 1.89. The average Bonchev–Trinajstić information content (AvgIpc) is 2.66. The summed E-state index contributed by atoms with van der Waals surface area (Å²) in [5, 5.41) is 8.85. The van der Waals surface area contributed by atoms with E-state index in [0.29, 0.717) is 0 Å². The van der Waals surface area contributed by atoms with Crippen LogP contribution in [-0.2, 0) is 0 Å². The molecular weight excluding hydrogens is 219 g/mol. The first-order valence-corrected chi connectivity index (χ1v) is 5.10. The van der Waals surface area contributed by atoms with Gasteiger partial charge in [0.2, 0.25) is 5.01 Å². The Balaban J connectivity index is 0.00000128. The van der Waals surface area contributed by atoms with Crippen LogP contribution in [0.25, 0.3) is 10.4 Å². The number of thiazole rings is 1. The maximum absolute atomic E-state index is 10.6. The van der Waals surface area contributed by atoms with Gasteiger partial charge in [-0.2, -0.15) is 0 Å². The van der Waals surface area contributed by atoms with Crippen molar-refractivity contribution in [2.45, 2.75) is 6.92 Å². The molecular formula is C10H9LiN2O2S. The van der Waals surface area contributed by atoms with Crippen LogP contribution in [0.4, 0.5) is 0 Å². The van der Waals surface area contributed by atoms with Gasteiger partial charge in [0, 0.05) is 18.1 Å². The molecule has 2 aromatic rings. The molecule has 2 rings (SSSR count). The Morgan fingerprint density at radius 2 is 2.19 bits per heavy atom. The van der Waals surface area contributed by atoms with Crippen molar-refractivity contribution >= 4 is 36.2 Å². The number of pyridine rings is 1. The molecule has 0 unspecified atom stereocenters. The molecule has 2 aromatic heterocycles. The zero-order valence-corrected chi connectivity index (χ0v) is 8.78. The molecule has 0 amide bonds. The molecule has 6 heteroatoms. The van der Waals surface area contributed by atoms with E-state index < -0.39 is 5.97 Å². The van der Waals surface area contributed by atoms with Crippen molar-refractivity contribution in [2.75, 3.05) is 0 Å². The quantitative estimate of drug-likeness (QED) is 0.792. The molecule has 0 aliphatic carbocycles. The number of carboxylic acids is 1. The van der Waals surface area contributed by atoms with E-state index in [4.69, 9.17) is 5.11 Å². The molecule has 0 bridgehead atoms.